The summed E-state index contributed by atoms with van der Waals surface area (Å²) in [4.78, 5) is 7.79. The number of anilines is 4. The summed E-state index contributed by atoms with van der Waals surface area (Å²) < 4.78 is 53.5. The normalized spacial score (nSPS) is 12.5. The van der Waals surface area contributed by atoms with Crippen molar-refractivity contribution in [2.75, 3.05) is 10.6 Å². The number of halogens is 4. The molecule has 1 atom stereocenters. The number of nitrogens with zero attached hydrogens (tertiary/aromatic N) is 2. The molecule has 0 aliphatic rings. The van der Waals surface area contributed by atoms with Crippen molar-refractivity contribution in [3.05, 3.63) is 71.7 Å². The van der Waals surface area contributed by atoms with Crippen molar-refractivity contribution in [2.45, 2.75) is 32.4 Å². The van der Waals surface area contributed by atoms with Gasteiger partial charge in [-0.25, -0.2) is 9.37 Å². The third-order valence-electron chi connectivity index (χ3n) is 4.55. The highest BCUT2D eigenvalue weighted by Crippen LogP contribution is 2.37. The van der Waals surface area contributed by atoms with Crippen molar-refractivity contribution in [1.29, 1.82) is 0 Å². The molecule has 8 heteroatoms. The van der Waals surface area contributed by atoms with E-state index in [9.17, 15) is 17.6 Å². The molecule has 1 heterocycles. The molecule has 0 saturated heterocycles. The standard InChI is InChI=1S/C21H20F4N4/c1-3-13(2)16-6-4-5-7-18(16)28-19-17(21(23,24)25)12-26-20(29-19)27-15-10-8-14(22)9-11-15/h4-13H,3H2,1-2H3,(H2,26,27,28,29). The number of rotatable bonds is 6. The molecule has 0 amide bonds. The molecule has 152 valence electrons. The zero-order valence-electron chi connectivity index (χ0n) is 15.9. The SMILES string of the molecule is CCC(C)c1ccccc1Nc1nc(Nc2ccc(F)cc2)ncc1C(F)(F)F. The molecule has 0 aliphatic carbocycles. The molecule has 0 bridgehead atoms. The van der Waals surface area contributed by atoms with Gasteiger partial charge in [-0.15, -0.1) is 0 Å². The van der Waals surface area contributed by atoms with Crippen LogP contribution >= 0.6 is 0 Å². The van der Waals surface area contributed by atoms with Crippen LogP contribution in [0.25, 0.3) is 0 Å². The molecule has 0 radical (unpaired) electrons. The van der Waals surface area contributed by atoms with Crippen LogP contribution in [0.2, 0.25) is 0 Å². The van der Waals surface area contributed by atoms with Crippen LogP contribution in [-0.4, -0.2) is 9.97 Å². The van der Waals surface area contributed by atoms with Crippen molar-refractivity contribution < 1.29 is 17.6 Å². The van der Waals surface area contributed by atoms with Crippen molar-refractivity contribution in [1.82, 2.24) is 9.97 Å². The van der Waals surface area contributed by atoms with Gasteiger partial charge in [-0.3, -0.25) is 0 Å². The zero-order chi connectivity index (χ0) is 21.0. The van der Waals surface area contributed by atoms with Crippen LogP contribution in [0, 0.1) is 5.82 Å². The van der Waals surface area contributed by atoms with Gasteiger partial charge in [-0.1, -0.05) is 32.0 Å². The minimum Gasteiger partial charge on any atom is -0.339 e. The van der Waals surface area contributed by atoms with Gasteiger partial charge in [0.1, 0.15) is 17.2 Å². The number of aromatic nitrogens is 2. The molecule has 0 spiro atoms. The maximum atomic E-state index is 13.5. The molecule has 2 aromatic carbocycles. The lowest BCUT2D eigenvalue weighted by Gasteiger charge is -2.19. The fourth-order valence-electron chi connectivity index (χ4n) is 2.80. The van der Waals surface area contributed by atoms with E-state index in [1.54, 1.807) is 12.1 Å². The predicted octanol–water partition coefficient (Wildman–Crippen LogP) is 6.64. The Morgan fingerprint density at radius 3 is 2.34 bits per heavy atom. The summed E-state index contributed by atoms with van der Waals surface area (Å²) in [6.45, 7) is 4.02. The third-order valence-corrected chi connectivity index (χ3v) is 4.55. The number of nitrogens with one attached hydrogen (secondary N) is 2. The van der Waals surface area contributed by atoms with Gasteiger partial charge in [0.05, 0.1) is 0 Å². The molecular formula is C21H20F4N4. The van der Waals surface area contributed by atoms with Gasteiger partial charge in [-0.2, -0.15) is 18.2 Å². The Hall–Kier alpha value is -3.16. The molecule has 0 fully saturated rings. The van der Waals surface area contributed by atoms with E-state index in [2.05, 4.69) is 20.6 Å². The number of alkyl halides is 3. The Morgan fingerprint density at radius 2 is 1.69 bits per heavy atom. The fourth-order valence-corrected chi connectivity index (χ4v) is 2.80. The van der Waals surface area contributed by atoms with Gasteiger partial charge in [-0.05, 0) is 48.2 Å². The van der Waals surface area contributed by atoms with Gasteiger partial charge in [0.15, 0.2) is 0 Å². The van der Waals surface area contributed by atoms with E-state index in [4.69, 9.17) is 0 Å². The maximum absolute atomic E-state index is 13.5. The van der Waals surface area contributed by atoms with Gasteiger partial charge >= 0.3 is 6.18 Å². The van der Waals surface area contributed by atoms with Crippen LogP contribution in [0.5, 0.6) is 0 Å². The van der Waals surface area contributed by atoms with E-state index in [-0.39, 0.29) is 17.7 Å². The second-order valence-electron chi connectivity index (χ2n) is 6.61. The third kappa shape index (κ3) is 5.01. The van der Waals surface area contributed by atoms with Crippen LogP contribution in [0.15, 0.2) is 54.7 Å². The average Bonchev–Trinajstić information content (AvgIpc) is 2.69. The van der Waals surface area contributed by atoms with Crippen molar-refractivity contribution >= 4 is 23.1 Å². The van der Waals surface area contributed by atoms with E-state index >= 15 is 0 Å². The number of para-hydroxylation sites is 1. The summed E-state index contributed by atoms with van der Waals surface area (Å²) in [7, 11) is 0. The fraction of sp³-hybridized carbons (Fsp3) is 0.238. The summed E-state index contributed by atoms with van der Waals surface area (Å²) in [5.41, 5.74) is 0.937. The first-order valence-corrected chi connectivity index (χ1v) is 9.10. The zero-order valence-corrected chi connectivity index (χ0v) is 15.9. The Kier molecular flexibility index (Phi) is 6.00. The van der Waals surface area contributed by atoms with E-state index < -0.39 is 17.6 Å². The minimum atomic E-state index is -4.62. The monoisotopic (exact) mass is 404 g/mol. The highest BCUT2D eigenvalue weighted by molar-refractivity contribution is 5.66. The lowest BCUT2D eigenvalue weighted by molar-refractivity contribution is -0.137. The summed E-state index contributed by atoms with van der Waals surface area (Å²) in [6.07, 6.45) is -3.05. The van der Waals surface area contributed by atoms with E-state index in [1.165, 1.54) is 24.3 Å². The molecule has 0 aliphatic heterocycles. The van der Waals surface area contributed by atoms with Crippen LogP contribution in [0.4, 0.5) is 40.7 Å². The maximum Gasteiger partial charge on any atom is 0.421 e. The van der Waals surface area contributed by atoms with E-state index in [0.717, 1.165) is 18.2 Å². The summed E-state index contributed by atoms with van der Waals surface area (Å²) in [5, 5.41) is 5.62. The van der Waals surface area contributed by atoms with Gasteiger partial charge in [0.2, 0.25) is 5.95 Å². The van der Waals surface area contributed by atoms with Crippen molar-refractivity contribution in [3.63, 3.8) is 0 Å². The van der Waals surface area contributed by atoms with Crippen LogP contribution in [-0.2, 0) is 6.18 Å². The summed E-state index contributed by atoms with van der Waals surface area (Å²) >= 11 is 0. The highest BCUT2D eigenvalue weighted by Gasteiger charge is 2.35. The highest BCUT2D eigenvalue weighted by atomic mass is 19.4. The van der Waals surface area contributed by atoms with Gasteiger partial charge in [0.25, 0.3) is 0 Å². The molecule has 4 nitrogen and oxygen atoms in total. The molecular weight excluding hydrogens is 384 g/mol. The van der Waals surface area contributed by atoms with Gasteiger partial charge < -0.3 is 10.6 Å². The number of hydrogen-bond donors (Lipinski definition) is 2. The minimum absolute atomic E-state index is 0.0341. The van der Waals surface area contributed by atoms with E-state index in [0.29, 0.717) is 11.4 Å². The molecule has 3 aromatic rings. The second kappa shape index (κ2) is 8.46. The van der Waals surface area contributed by atoms with Gasteiger partial charge in [0, 0.05) is 17.6 Å². The van der Waals surface area contributed by atoms with Crippen LogP contribution < -0.4 is 10.6 Å². The topological polar surface area (TPSA) is 49.8 Å². The molecule has 29 heavy (non-hydrogen) atoms. The summed E-state index contributed by atoms with van der Waals surface area (Å²) in [5.74, 6) is -0.652. The Balaban J connectivity index is 1.98. The predicted molar refractivity (Wildman–Crippen MR) is 105 cm³/mol. The number of hydrogen-bond acceptors (Lipinski definition) is 4. The van der Waals surface area contributed by atoms with Crippen LogP contribution in [0.1, 0.15) is 37.3 Å². The molecule has 0 saturated carbocycles. The van der Waals surface area contributed by atoms with Crippen LogP contribution in [0.3, 0.4) is 0 Å². The number of benzene rings is 2. The quantitative estimate of drug-likeness (QED) is 0.453. The largest absolute Gasteiger partial charge is 0.421 e. The van der Waals surface area contributed by atoms with Crippen molar-refractivity contribution in [3.8, 4) is 0 Å². The van der Waals surface area contributed by atoms with Crippen molar-refractivity contribution in [2.24, 2.45) is 0 Å². The second-order valence-corrected chi connectivity index (χ2v) is 6.61. The lowest BCUT2D eigenvalue weighted by atomic mass is 9.97. The molecule has 1 unspecified atom stereocenters. The van der Waals surface area contributed by atoms with E-state index in [1.807, 2.05) is 26.0 Å². The first-order chi connectivity index (χ1) is 13.8. The molecule has 3 rings (SSSR count). The average molecular weight is 404 g/mol. The Morgan fingerprint density at radius 1 is 1.00 bits per heavy atom. The Labute approximate surface area is 166 Å². The summed E-state index contributed by atoms with van der Waals surface area (Å²) in [6, 6.07) is 12.5. The molecule has 1 aromatic heterocycles. The smallest absolute Gasteiger partial charge is 0.339 e. The Bertz CT molecular complexity index is 971. The first kappa shape index (κ1) is 20.6. The molecule has 2 N–H and O–H groups in total. The first-order valence-electron chi connectivity index (χ1n) is 9.10. The lowest BCUT2D eigenvalue weighted by Crippen LogP contribution is -2.13.